The van der Waals surface area contributed by atoms with Crippen molar-refractivity contribution in [1.29, 1.82) is 0 Å². The molecule has 200 valence electrons. The van der Waals surface area contributed by atoms with E-state index in [2.05, 4.69) is 4.90 Å². The van der Waals surface area contributed by atoms with Gasteiger partial charge in [-0.3, -0.25) is 9.69 Å². The summed E-state index contributed by atoms with van der Waals surface area (Å²) in [5, 5.41) is 0. The van der Waals surface area contributed by atoms with E-state index >= 15 is 0 Å². The molecule has 0 N–H and O–H groups in total. The molecule has 2 aromatic carbocycles. The van der Waals surface area contributed by atoms with E-state index in [9.17, 15) is 18.0 Å². The molecular weight excluding hydrogens is 487 g/mol. The molecule has 6 nitrogen and oxygen atoms in total. The quantitative estimate of drug-likeness (QED) is 0.456. The van der Waals surface area contributed by atoms with Crippen molar-refractivity contribution in [3.05, 3.63) is 58.1 Å². The zero-order chi connectivity index (χ0) is 26.2. The first-order valence-electron chi connectivity index (χ1n) is 12.7. The Kier molecular flexibility index (Phi) is 7.36. The topological polar surface area (TPSA) is 57.2 Å². The molecule has 0 saturated carbocycles. The number of fused-ring (bicyclic) bond motifs is 2. The van der Waals surface area contributed by atoms with E-state index in [1.165, 1.54) is 13.2 Å². The Morgan fingerprint density at radius 2 is 1.84 bits per heavy atom. The summed E-state index contributed by atoms with van der Waals surface area (Å²) in [5.41, 5.74) is 2.32. The van der Waals surface area contributed by atoms with Crippen LogP contribution in [0.1, 0.15) is 65.5 Å². The standard InChI is InChI=1S/C28H32F3NO5/c1-34-18-9-11-32(12-10-18)15-23-21-6-8-25(22(21)5-7-24(23)28(29,30)31)37-19-3-4-20-17(13-27(33)35-2)16-36-26(20)14-19/h3-5,7,14,17-18,25H,6,8-13,15-16H2,1-2H3. The SMILES string of the molecule is COC(=O)CC1COc2cc(OC3CCc4c3ccc(C(F)(F)F)c4CN3CCC(OC)CC3)ccc21. The maximum absolute atomic E-state index is 14.0. The van der Waals surface area contributed by atoms with Crippen molar-refractivity contribution in [2.24, 2.45) is 0 Å². The zero-order valence-corrected chi connectivity index (χ0v) is 21.1. The number of ether oxygens (including phenoxy) is 4. The molecule has 0 bridgehead atoms. The molecule has 1 saturated heterocycles. The molecule has 1 fully saturated rings. The molecule has 3 aliphatic rings. The van der Waals surface area contributed by atoms with Crippen LogP contribution in [0.15, 0.2) is 30.3 Å². The van der Waals surface area contributed by atoms with Crippen LogP contribution >= 0.6 is 0 Å². The molecule has 0 amide bonds. The van der Waals surface area contributed by atoms with E-state index in [-0.39, 0.29) is 37.1 Å². The van der Waals surface area contributed by atoms with Crippen molar-refractivity contribution >= 4 is 5.97 Å². The molecule has 0 radical (unpaired) electrons. The highest BCUT2D eigenvalue weighted by atomic mass is 19.4. The van der Waals surface area contributed by atoms with Gasteiger partial charge in [0, 0.05) is 44.3 Å². The van der Waals surface area contributed by atoms with Gasteiger partial charge >= 0.3 is 12.1 Å². The van der Waals surface area contributed by atoms with Crippen LogP contribution in [-0.4, -0.2) is 50.9 Å². The predicted octanol–water partition coefficient (Wildman–Crippen LogP) is 5.42. The molecule has 2 aromatic rings. The third-order valence-electron chi connectivity index (χ3n) is 7.81. The van der Waals surface area contributed by atoms with Gasteiger partial charge in [0.1, 0.15) is 17.6 Å². The fourth-order valence-electron chi connectivity index (χ4n) is 5.78. The molecular formula is C28H32F3NO5. The molecule has 9 heteroatoms. The predicted molar refractivity (Wildman–Crippen MR) is 130 cm³/mol. The smallest absolute Gasteiger partial charge is 0.416 e. The number of carbonyl (C=O) groups excluding carboxylic acids is 1. The van der Waals surface area contributed by atoms with E-state index in [1.54, 1.807) is 19.2 Å². The number of carbonyl (C=O) groups is 1. The van der Waals surface area contributed by atoms with Crippen LogP contribution in [-0.2, 0) is 33.4 Å². The van der Waals surface area contributed by atoms with Gasteiger partial charge in [-0.05, 0) is 54.5 Å². The van der Waals surface area contributed by atoms with E-state index in [0.29, 0.717) is 49.6 Å². The highest BCUT2D eigenvalue weighted by Crippen LogP contribution is 2.44. The number of methoxy groups -OCH3 is 2. The number of likely N-dealkylation sites (tertiary alicyclic amines) is 1. The van der Waals surface area contributed by atoms with Crippen molar-refractivity contribution in [2.75, 3.05) is 33.9 Å². The number of piperidine rings is 1. The van der Waals surface area contributed by atoms with Gasteiger partial charge in [-0.1, -0.05) is 12.1 Å². The van der Waals surface area contributed by atoms with Crippen molar-refractivity contribution in [3.63, 3.8) is 0 Å². The first-order chi connectivity index (χ1) is 17.8. The van der Waals surface area contributed by atoms with Crippen molar-refractivity contribution < 1.29 is 36.9 Å². The number of hydrogen-bond acceptors (Lipinski definition) is 6. The van der Waals surface area contributed by atoms with Gasteiger partial charge < -0.3 is 18.9 Å². The summed E-state index contributed by atoms with van der Waals surface area (Å²) in [6.07, 6.45) is -1.54. The number of alkyl halides is 3. The van der Waals surface area contributed by atoms with E-state index < -0.39 is 11.7 Å². The zero-order valence-electron chi connectivity index (χ0n) is 21.1. The lowest BCUT2D eigenvalue weighted by Crippen LogP contribution is -2.36. The monoisotopic (exact) mass is 519 g/mol. The first-order valence-corrected chi connectivity index (χ1v) is 12.7. The summed E-state index contributed by atoms with van der Waals surface area (Å²) < 4.78 is 64.2. The number of nitrogens with zero attached hydrogens (tertiary/aromatic N) is 1. The molecule has 2 atom stereocenters. The maximum atomic E-state index is 14.0. The van der Waals surface area contributed by atoms with Gasteiger partial charge in [0.05, 0.1) is 31.8 Å². The lowest BCUT2D eigenvalue weighted by atomic mass is 9.95. The van der Waals surface area contributed by atoms with Crippen molar-refractivity contribution in [1.82, 2.24) is 4.90 Å². The Balaban J connectivity index is 1.35. The lowest BCUT2D eigenvalue weighted by Gasteiger charge is -2.32. The van der Waals surface area contributed by atoms with Crippen molar-refractivity contribution in [3.8, 4) is 11.5 Å². The number of rotatable bonds is 7. The second kappa shape index (κ2) is 10.5. The third kappa shape index (κ3) is 5.43. The second-order valence-corrected chi connectivity index (χ2v) is 10.0. The Morgan fingerprint density at radius 3 is 2.54 bits per heavy atom. The van der Waals surface area contributed by atoms with Gasteiger partial charge in [0.15, 0.2) is 0 Å². The van der Waals surface area contributed by atoms with Gasteiger partial charge in [0.25, 0.3) is 0 Å². The van der Waals surface area contributed by atoms with E-state index in [0.717, 1.165) is 29.5 Å². The number of esters is 1. The molecule has 2 aliphatic heterocycles. The normalized spacial score (nSPS) is 21.9. The van der Waals surface area contributed by atoms with Crippen LogP contribution in [0.5, 0.6) is 11.5 Å². The number of benzene rings is 2. The Labute approximate surface area is 214 Å². The molecule has 0 aromatic heterocycles. The van der Waals surface area contributed by atoms with Crippen LogP contribution in [0, 0.1) is 0 Å². The summed E-state index contributed by atoms with van der Waals surface area (Å²) in [7, 11) is 3.04. The first kappa shape index (κ1) is 25.9. The fraction of sp³-hybridized carbons (Fsp3) is 0.536. The maximum Gasteiger partial charge on any atom is 0.416 e. The fourth-order valence-corrected chi connectivity index (χ4v) is 5.78. The minimum absolute atomic E-state index is 0.0685. The second-order valence-electron chi connectivity index (χ2n) is 10.0. The summed E-state index contributed by atoms with van der Waals surface area (Å²) >= 11 is 0. The summed E-state index contributed by atoms with van der Waals surface area (Å²) in [6, 6.07) is 8.31. The summed E-state index contributed by atoms with van der Waals surface area (Å²) in [5.74, 6) is 0.901. The molecule has 2 heterocycles. The Hall–Kier alpha value is -2.78. The van der Waals surface area contributed by atoms with Gasteiger partial charge in [-0.2, -0.15) is 13.2 Å². The van der Waals surface area contributed by atoms with Crippen molar-refractivity contribution in [2.45, 2.75) is 63.0 Å². The third-order valence-corrected chi connectivity index (χ3v) is 7.81. The van der Waals surface area contributed by atoms with Crippen LogP contribution in [0.3, 0.4) is 0 Å². The van der Waals surface area contributed by atoms with Crippen LogP contribution in [0.2, 0.25) is 0 Å². The Bertz CT molecular complexity index is 1140. The minimum atomic E-state index is -4.41. The van der Waals surface area contributed by atoms with Gasteiger partial charge in [0.2, 0.25) is 0 Å². The summed E-state index contributed by atoms with van der Waals surface area (Å²) in [4.78, 5) is 13.8. The average molecular weight is 520 g/mol. The average Bonchev–Trinajstić information content (AvgIpc) is 3.48. The van der Waals surface area contributed by atoms with E-state index in [4.69, 9.17) is 18.9 Å². The molecule has 5 rings (SSSR count). The van der Waals surface area contributed by atoms with Gasteiger partial charge in [-0.25, -0.2) is 0 Å². The molecule has 2 unspecified atom stereocenters. The molecule has 37 heavy (non-hydrogen) atoms. The lowest BCUT2D eigenvalue weighted by molar-refractivity contribution is -0.141. The number of halogens is 3. The molecule has 1 aliphatic carbocycles. The molecule has 0 spiro atoms. The van der Waals surface area contributed by atoms with Crippen LogP contribution < -0.4 is 9.47 Å². The van der Waals surface area contributed by atoms with E-state index in [1.807, 2.05) is 12.1 Å². The van der Waals surface area contributed by atoms with Crippen LogP contribution in [0.25, 0.3) is 0 Å². The Morgan fingerprint density at radius 1 is 1.08 bits per heavy atom. The highest BCUT2D eigenvalue weighted by Gasteiger charge is 2.38. The van der Waals surface area contributed by atoms with Crippen LogP contribution in [0.4, 0.5) is 13.2 Å². The number of hydrogen-bond donors (Lipinski definition) is 0. The summed E-state index contributed by atoms with van der Waals surface area (Å²) in [6.45, 7) is 2.10. The van der Waals surface area contributed by atoms with Gasteiger partial charge in [-0.15, -0.1) is 0 Å². The largest absolute Gasteiger partial charge is 0.492 e. The minimum Gasteiger partial charge on any atom is -0.492 e. The highest BCUT2D eigenvalue weighted by molar-refractivity contribution is 5.71.